The van der Waals surface area contributed by atoms with Gasteiger partial charge in [0, 0.05) is 24.2 Å². The van der Waals surface area contributed by atoms with Crippen LogP contribution in [0.1, 0.15) is 45.6 Å². The second-order valence-corrected chi connectivity index (χ2v) is 5.02. The van der Waals surface area contributed by atoms with E-state index in [0.29, 0.717) is 18.4 Å². The minimum Gasteiger partial charge on any atom is -0.507 e. The highest BCUT2D eigenvalue weighted by Gasteiger charge is 2.13. The average molecular weight is 265 g/mol. The van der Waals surface area contributed by atoms with Crippen LogP contribution in [-0.4, -0.2) is 29.7 Å². The third-order valence-corrected chi connectivity index (χ3v) is 3.52. The topological polar surface area (TPSA) is 32.7 Å². The highest BCUT2D eigenvalue weighted by molar-refractivity contribution is 5.39. The summed E-state index contributed by atoms with van der Waals surface area (Å²) in [6.45, 7) is 7.93. The molecule has 0 unspecified atom stereocenters. The molecule has 3 nitrogen and oxygen atoms in total. The Hall–Kier alpha value is -1.22. The molecule has 0 aromatic heterocycles. The quantitative estimate of drug-likeness (QED) is 0.776. The van der Waals surface area contributed by atoms with Crippen LogP contribution in [0.25, 0.3) is 0 Å². The van der Waals surface area contributed by atoms with Crippen LogP contribution >= 0.6 is 0 Å². The molecule has 3 heteroatoms. The Morgan fingerprint density at radius 1 is 1.21 bits per heavy atom. The molecule has 1 aromatic carbocycles. The third-order valence-electron chi connectivity index (χ3n) is 3.52. The molecule has 0 spiro atoms. The average Bonchev–Trinajstić information content (AvgIpc) is 2.40. The number of phenolic OH excluding ortho intramolecular Hbond substituents is 1. The van der Waals surface area contributed by atoms with Crippen molar-refractivity contribution < 1.29 is 9.84 Å². The highest BCUT2D eigenvalue weighted by Crippen LogP contribution is 2.25. The summed E-state index contributed by atoms with van der Waals surface area (Å²) in [5, 5.41) is 10.1. The molecule has 0 saturated carbocycles. The molecule has 0 atom stereocenters. The zero-order chi connectivity index (χ0) is 14.3. The minimum absolute atomic E-state index is 0.325. The molecule has 19 heavy (non-hydrogen) atoms. The highest BCUT2D eigenvalue weighted by atomic mass is 16.5. The molecule has 0 aliphatic carbocycles. The molecule has 0 bridgehead atoms. The Kier molecular flexibility index (Phi) is 6.71. The van der Waals surface area contributed by atoms with E-state index in [-0.39, 0.29) is 0 Å². The van der Waals surface area contributed by atoms with Gasteiger partial charge in [0.2, 0.25) is 0 Å². The first kappa shape index (κ1) is 15.8. The minimum atomic E-state index is 0.325. The largest absolute Gasteiger partial charge is 0.507 e. The summed E-state index contributed by atoms with van der Waals surface area (Å²) < 4.78 is 5.51. The number of ether oxygens (including phenoxy) is 1. The zero-order valence-electron chi connectivity index (χ0n) is 12.6. The van der Waals surface area contributed by atoms with Gasteiger partial charge in [0.25, 0.3) is 0 Å². The lowest BCUT2D eigenvalue weighted by molar-refractivity contribution is 0.219. The molecule has 1 aromatic rings. The third kappa shape index (κ3) is 4.75. The zero-order valence-corrected chi connectivity index (χ0v) is 12.6. The molecular formula is C16H27NO2. The summed E-state index contributed by atoms with van der Waals surface area (Å²) in [5.41, 5.74) is 0.957. The second kappa shape index (κ2) is 8.05. The molecule has 0 fully saturated rings. The Bertz CT molecular complexity index is 375. The number of hydrogen-bond donors (Lipinski definition) is 1. The maximum absolute atomic E-state index is 10.1. The van der Waals surface area contributed by atoms with Crippen molar-refractivity contribution >= 4 is 0 Å². The van der Waals surface area contributed by atoms with E-state index in [1.165, 1.54) is 0 Å². The predicted octanol–water partition coefficient (Wildman–Crippen LogP) is 3.80. The van der Waals surface area contributed by atoms with E-state index in [9.17, 15) is 5.11 Å². The van der Waals surface area contributed by atoms with Gasteiger partial charge in [-0.25, -0.2) is 0 Å². The van der Waals surface area contributed by atoms with E-state index >= 15 is 0 Å². The van der Waals surface area contributed by atoms with Gasteiger partial charge in [-0.1, -0.05) is 26.8 Å². The first-order valence-electron chi connectivity index (χ1n) is 7.27. The normalized spacial score (nSPS) is 11.3. The van der Waals surface area contributed by atoms with Gasteiger partial charge in [0.05, 0.1) is 6.61 Å². The Morgan fingerprint density at radius 3 is 2.42 bits per heavy atom. The second-order valence-electron chi connectivity index (χ2n) is 5.02. The summed E-state index contributed by atoms with van der Waals surface area (Å²) in [4.78, 5) is 2.29. The number of hydrogen-bond acceptors (Lipinski definition) is 3. The Balaban J connectivity index is 2.68. The van der Waals surface area contributed by atoms with Crippen molar-refractivity contribution in [1.82, 2.24) is 4.90 Å². The van der Waals surface area contributed by atoms with Crippen LogP contribution < -0.4 is 4.74 Å². The van der Waals surface area contributed by atoms with Crippen molar-refractivity contribution in [3.8, 4) is 11.5 Å². The Morgan fingerprint density at radius 2 is 1.89 bits per heavy atom. The van der Waals surface area contributed by atoms with Gasteiger partial charge < -0.3 is 9.84 Å². The maximum atomic E-state index is 10.1. The van der Waals surface area contributed by atoms with Crippen molar-refractivity contribution in [3.05, 3.63) is 23.8 Å². The van der Waals surface area contributed by atoms with E-state index in [2.05, 4.69) is 32.7 Å². The monoisotopic (exact) mass is 265 g/mol. The van der Waals surface area contributed by atoms with Crippen LogP contribution in [0, 0.1) is 0 Å². The van der Waals surface area contributed by atoms with Gasteiger partial charge in [-0.3, -0.25) is 4.90 Å². The lowest BCUT2D eigenvalue weighted by Crippen LogP contribution is -2.29. The van der Waals surface area contributed by atoms with E-state index in [1.807, 2.05) is 12.1 Å². The van der Waals surface area contributed by atoms with Crippen molar-refractivity contribution in [2.24, 2.45) is 0 Å². The molecule has 0 amide bonds. The number of phenols is 1. The molecule has 0 aliphatic rings. The van der Waals surface area contributed by atoms with Gasteiger partial charge in [-0.2, -0.15) is 0 Å². The molecule has 0 heterocycles. The molecule has 0 aliphatic heterocycles. The van der Waals surface area contributed by atoms with Crippen LogP contribution in [0.5, 0.6) is 11.5 Å². The maximum Gasteiger partial charge on any atom is 0.123 e. The SMILES string of the molecule is CCCOc1ccc(CN(C)C(CC)CC)c(O)c1. The molecule has 0 saturated heterocycles. The summed E-state index contributed by atoms with van der Waals surface area (Å²) in [5.74, 6) is 1.07. The molecule has 1 N–H and O–H groups in total. The first-order chi connectivity index (χ1) is 9.12. The van der Waals surface area contributed by atoms with Crippen molar-refractivity contribution in [2.75, 3.05) is 13.7 Å². The fourth-order valence-corrected chi connectivity index (χ4v) is 2.30. The van der Waals surface area contributed by atoms with E-state index in [0.717, 1.165) is 37.1 Å². The summed E-state index contributed by atoms with van der Waals surface area (Å²) in [6.07, 6.45) is 3.23. The van der Waals surface area contributed by atoms with Crippen LogP contribution in [0.4, 0.5) is 0 Å². The van der Waals surface area contributed by atoms with Crippen molar-refractivity contribution in [3.63, 3.8) is 0 Å². The number of rotatable bonds is 8. The summed E-state index contributed by atoms with van der Waals surface area (Å²) >= 11 is 0. The van der Waals surface area contributed by atoms with Crippen LogP contribution in [0.2, 0.25) is 0 Å². The molecule has 108 valence electrons. The van der Waals surface area contributed by atoms with E-state index in [4.69, 9.17) is 4.74 Å². The standard InChI is InChI=1S/C16H27NO2/c1-5-10-19-15-9-8-13(16(18)11-15)12-17(4)14(6-2)7-3/h8-9,11,14,18H,5-7,10,12H2,1-4H3. The van der Waals surface area contributed by atoms with Gasteiger partial charge in [0.1, 0.15) is 11.5 Å². The smallest absolute Gasteiger partial charge is 0.123 e. The summed E-state index contributed by atoms with van der Waals surface area (Å²) in [6, 6.07) is 6.17. The van der Waals surface area contributed by atoms with Gasteiger partial charge in [-0.15, -0.1) is 0 Å². The molecule has 0 radical (unpaired) electrons. The van der Waals surface area contributed by atoms with Gasteiger partial charge in [-0.05, 0) is 32.4 Å². The fraction of sp³-hybridized carbons (Fsp3) is 0.625. The van der Waals surface area contributed by atoms with Crippen LogP contribution in [0.3, 0.4) is 0 Å². The van der Waals surface area contributed by atoms with Gasteiger partial charge in [0.15, 0.2) is 0 Å². The molecule has 1 rings (SSSR count). The van der Waals surface area contributed by atoms with Crippen LogP contribution in [-0.2, 0) is 6.54 Å². The number of nitrogens with zero attached hydrogens (tertiary/aromatic N) is 1. The molecular weight excluding hydrogens is 238 g/mol. The Labute approximate surface area is 117 Å². The number of aromatic hydroxyl groups is 1. The predicted molar refractivity (Wildman–Crippen MR) is 79.7 cm³/mol. The lowest BCUT2D eigenvalue weighted by Gasteiger charge is -2.26. The van der Waals surface area contributed by atoms with Crippen molar-refractivity contribution in [1.29, 1.82) is 0 Å². The van der Waals surface area contributed by atoms with Crippen LogP contribution in [0.15, 0.2) is 18.2 Å². The van der Waals surface area contributed by atoms with E-state index in [1.54, 1.807) is 6.07 Å². The first-order valence-corrected chi connectivity index (χ1v) is 7.27. The van der Waals surface area contributed by atoms with Crippen molar-refractivity contribution in [2.45, 2.75) is 52.6 Å². The lowest BCUT2D eigenvalue weighted by atomic mass is 10.1. The summed E-state index contributed by atoms with van der Waals surface area (Å²) in [7, 11) is 2.11. The fourth-order valence-electron chi connectivity index (χ4n) is 2.30. The van der Waals surface area contributed by atoms with E-state index < -0.39 is 0 Å². The number of benzene rings is 1. The van der Waals surface area contributed by atoms with Gasteiger partial charge >= 0.3 is 0 Å².